The molecule has 0 amide bonds. The number of unbranched alkanes of at least 4 members (excludes halogenated alkanes) is 7. The Morgan fingerprint density at radius 3 is 1.86 bits per heavy atom. The van der Waals surface area contributed by atoms with Crippen molar-refractivity contribution in [1.29, 1.82) is 0 Å². The Morgan fingerprint density at radius 2 is 1.36 bits per heavy atom. The summed E-state index contributed by atoms with van der Waals surface area (Å²) in [5, 5.41) is 8.83. The van der Waals surface area contributed by atoms with Crippen LogP contribution >= 0.6 is 0 Å². The molecule has 0 bridgehead atoms. The van der Waals surface area contributed by atoms with E-state index < -0.39 is 0 Å². The first kappa shape index (κ1) is 14.0. The van der Waals surface area contributed by atoms with Crippen LogP contribution in [-0.4, -0.2) is 11.7 Å². The number of aliphatic hydroxyl groups excluding tert-OH is 1. The number of hydrogen-bond donors (Lipinski definition) is 1. The largest absolute Gasteiger partial charge is 0.396 e. The molecule has 0 aliphatic rings. The van der Waals surface area contributed by atoms with Crippen LogP contribution in [0.15, 0.2) is 0 Å². The second-order valence-corrected chi connectivity index (χ2v) is 4.55. The van der Waals surface area contributed by atoms with Gasteiger partial charge in [0.1, 0.15) is 0 Å². The summed E-state index contributed by atoms with van der Waals surface area (Å²) in [4.78, 5) is 0. The average Bonchev–Trinajstić information content (AvgIpc) is 2.21. The molecule has 0 saturated heterocycles. The summed E-state index contributed by atoms with van der Waals surface area (Å²) in [5.41, 5.74) is 0. The minimum absolute atomic E-state index is 0.358. The normalized spacial score (nSPS) is 13.1. The smallest absolute Gasteiger partial charge is 0.0456 e. The van der Waals surface area contributed by atoms with Crippen LogP contribution in [0.25, 0.3) is 0 Å². The minimum Gasteiger partial charge on any atom is -0.396 e. The Bertz CT molecular complexity index is 101. The molecule has 1 nitrogen and oxygen atoms in total. The number of hydrogen-bond acceptors (Lipinski definition) is 1. The first-order chi connectivity index (χ1) is 6.81. The van der Waals surface area contributed by atoms with Gasteiger partial charge in [-0.2, -0.15) is 0 Å². The molecule has 86 valence electrons. The molecule has 1 atom stereocenters. The highest BCUT2D eigenvalue weighted by atomic mass is 16.3. The average molecular weight is 200 g/mol. The fourth-order valence-electron chi connectivity index (χ4n) is 1.72. The number of aliphatic hydroxyl groups is 1. The molecule has 0 saturated carbocycles. The highest BCUT2D eigenvalue weighted by Gasteiger charge is 1.98. The fourth-order valence-corrected chi connectivity index (χ4v) is 1.72. The molecule has 0 aromatic rings. The van der Waals surface area contributed by atoms with Crippen LogP contribution in [0.5, 0.6) is 0 Å². The highest BCUT2D eigenvalue weighted by molar-refractivity contribution is 4.51. The topological polar surface area (TPSA) is 20.2 Å². The van der Waals surface area contributed by atoms with Gasteiger partial charge in [0, 0.05) is 6.61 Å². The van der Waals surface area contributed by atoms with Crippen LogP contribution in [0.1, 0.15) is 71.6 Å². The second-order valence-electron chi connectivity index (χ2n) is 4.55. The Kier molecular flexibility index (Phi) is 11.0. The van der Waals surface area contributed by atoms with Crippen molar-refractivity contribution in [1.82, 2.24) is 0 Å². The molecule has 1 heteroatoms. The van der Waals surface area contributed by atoms with Gasteiger partial charge in [-0.3, -0.25) is 0 Å². The van der Waals surface area contributed by atoms with Crippen molar-refractivity contribution in [3.63, 3.8) is 0 Å². The summed E-state index contributed by atoms with van der Waals surface area (Å²) in [6.45, 7) is 4.74. The van der Waals surface area contributed by atoms with Gasteiger partial charge in [0.25, 0.3) is 0 Å². The van der Waals surface area contributed by atoms with Gasteiger partial charge in [-0.25, -0.2) is 0 Å². The molecule has 0 aromatic heterocycles. The Labute approximate surface area is 89.9 Å². The van der Waals surface area contributed by atoms with E-state index in [1.54, 1.807) is 0 Å². The van der Waals surface area contributed by atoms with Crippen molar-refractivity contribution in [3.05, 3.63) is 0 Å². The monoisotopic (exact) mass is 200 g/mol. The van der Waals surface area contributed by atoms with Crippen molar-refractivity contribution >= 4 is 0 Å². The standard InChI is InChI=1S/C13H28O/c1-3-4-5-6-7-8-9-10-11-13(2)12-14/h13-14H,3-12H2,1-2H3/t13-/m1/s1. The Morgan fingerprint density at radius 1 is 0.857 bits per heavy atom. The quantitative estimate of drug-likeness (QED) is 0.525. The van der Waals surface area contributed by atoms with E-state index in [2.05, 4.69) is 13.8 Å². The van der Waals surface area contributed by atoms with E-state index in [9.17, 15) is 0 Å². The van der Waals surface area contributed by atoms with Gasteiger partial charge in [0.2, 0.25) is 0 Å². The van der Waals surface area contributed by atoms with Crippen LogP contribution in [0.3, 0.4) is 0 Å². The maximum absolute atomic E-state index is 8.83. The van der Waals surface area contributed by atoms with Gasteiger partial charge in [0.15, 0.2) is 0 Å². The van der Waals surface area contributed by atoms with Gasteiger partial charge >= 0.3 is 0 Å². The Balaban J connectivity index is 2.92. The van der Waals surface area contributed by atoms with E-state index in [1.807, 2.05) is 0 Å². The van der Waals surface area contributed by atoms with Crippen molar-refractivity contribution in [2.24, 2.45) is 5.92 Å². The predicted molar refractivity (Wildman–Crippen MR) is 63.5 cm³/mol. The van der Waals surface area contributed by atoms with E-state index in [0.29, 0.717) is 12.5 Å². The molecule has 0 aromatic carbocycles. The van der Waals surface area contributed by atoms with E-state index in [1.165, 1.54) is 57.8 Å². The van der Waals surface area contributed by atoms with Crippen LogP contribution < -0.4 is 0 Å². The van der Waals surface area contributed by atoms with Gasteiger partial charge in [-0.15, -0.1) is 0 Å². The molecule has 0 aliphatic heterocycles. The van der Waals surface area contributed by atoms with Crippen LogP contribution in [-0.2, 0) is 0 Å². The van der Waals surface area contributed by atoms with E-state index in [0.717, 1.165) is 0 Å². The highest BCUT2D eigenvalue weighted by Crippen LogP contribution is 2.12. The third kappa shape index (κ3) is 10.0. The van der Waals surface area contributed by atoms with Crippen molar-refractivity contribution in [2.75, 3.05) is 6.61 Å². The van der Waals surface area contributed by atoms with E-state index in [4.69, 9.17) is 5.11 Å². The zero-order valence-corrected chi connectivity index (χ0v) is 10.1. The molecule has 0 heterocycles. The van der Waals surface area contributed by atoms with Crippen molar-refractivity contribution in [2.45, 2.75) is 71.6 Å². The summed E-state index contributed by atoms with van der Waals surface area (Å²) in [6.07, 6.45) is 12.2. The van der Waals surface area contributed by atoms with Gasteiger partial charge in [-0.05, 0) is 12.3 Å². The van der Waals surface area contributed by atoms with E-state index >= 15 is 0 Å². The van der Waals surface area contributed by atoms with Gasteiger partial charge in [-0.1, -0.05) is 65.2 Å². The lowest BCUT2D eigenvalue weighted by molar-refractivity contribution is 0.227. The van der Waals surface area contributed by atoms with Gasteiger partial charge in [0.05, 0.1) is 0 Å². The summed E-state index contributed by atoms with van der Waals surface area (Å²) in [6, 6.07) is 0. The SMILES string of the molecule is CCCCCCCCCC[C@@H](C)CO. The third-order valence-electron chi connectivity index (χ3n) is 2.86. The van der Waals surface area contributed by atoms with Gasteiger partial charge < -0.3 is 5.11 Å². The molecule has 0 rings (SSSR count). The van der Waals surface area contributed by atoms with Crippen molar-refractivity contribution < 1.29 is 5.11 Å². The molecule has 1 N–H and O–H groups in total. The van der Waals surface area contributed by atoms with E-state index in [-0.39, 0.29) is 0 Å². The molecule has 0 radical (unpaired) electrons. The lowest BCUT2D eigenvalue weighted by Gasteiger charge is -2.06. The first-order valence-electron chi connectivity index (χ1n) is 6.42. The molecule has 0 unspecified atom stereocenters. The second kappa shape index (κ2) is 11.0. The maximum atomic E-state index is 8.83. The van der Waals surface area contributed by atoms with Crippen LogP contribution in [0.2, 0.25) is 0 Å². The lowest BCUT2D eigenvalue weighted by atomic mass is 10.0. The summed E-state index contributed by atoms with van der Waals surface area (Å²) in [7, 11) is 0. The summed E-state index contributed by atoms with van der Waals surface area (Å²) < 4.78 is 0. The summed E-state index contributed by atoms with van der Waals surface area (Å²) in [5.74, 6) is 0.509. The van der Waals surface area contributed by atoms with Crippen LogP contribution in [0, 0.1) is 5.92 Å². The maximum Gasteiger partial charge on any atom is 0.0456 e. The molecular formula is C13H28O. The minimum atomic E-state index is 0.358. The molecule has 14 heavy (non-hydrogen) atoms. The lowest BCUT2D eigenvalue weighted by Crippen LogP contribution is -1.99. The predicted octanol–water partition coefficient (Wildman–Crippen LogP) is 4.15. The molecule has 0 spiro atoms. The number of rotatable bonds is 10. The molecule has 0 aliphatic carbocycles. The van der Waals surface area contributed by atoms with Crippen molar-refractivity contribution in [3.8, 4) is 0 Å². The zero-order valence-electron chi connectivity index (χ0n) is 10.1. The Hall–Kier alpha value is -0.0400. The molecular weight excluding hydrogens is 172 g/mol. The molecule has 0 fully saturated rings. The zero-order chi connectivity index (χ0) is 10.6. The summed E-state index contributed by atoms with van der Waals surface area (Å²) >= 11 is 0. The third-order valence-corrected chi connectivity index (χ3v) is 2.86. The fraction of sp³-hybridized carbons (Fsp3) is 1.00. The first-order valence-corrected chi connectivity index (χ1v) is 6.42. The van der Waals surface area contributed by atoms with Crippen LogP contribution in [0.4, 0.5) is 0 Å².